The third-order valence-electron chi connectivity index (χ3n) is 5.28. The fraction of sp³-hybridized carbons (Fsp3) is 0.292. The normalized spacial score (nSPS) is 16.7. The minimum atomic E-state index is -0.149. The van der Waals surface area contributed by atoms with Gasteiger partial charge in [-0.2, -0.15) is 4.98 Å². The summed E-state index contributed by atoms with van der Waals surface area (Å²) in [6.45, 7) is 7.27. The van der Waals surface area contributed by atoms with Gasteiger partial charge in [0, 0.05) is 22.7 Å². The average Bonchev–Trinajstić information content (AvgIpc) is 3.26. The van der Waals surface area contributed by atoms with Crippen LogP contribution in [0.2, 0.25) is 0 Å². The molecule has 1 atom stereocenters. The van der Waals surface area contributed by atoms with Gasteiger partial charge < -0.3 is 14.7 Å². The molecule has 1 N–H and O–H groups in total. The summed E-state index contributed by atoms with van der Waals surface area (Å²) in [5, 5.41) is 8.50. The number of thiocarbonyl (C=S) groups is 1. The maximum atomic E-state index is 5.79. The van der Waals surface area contributed by atoms with E-state index >= 15 is 0 Å². The molecule has 2 aromatic carbocycles. The lowest BCUT2D eigenvalue weighted by molar-refractivity contribution is 0.386. The molecule has 0 amide bonds. The molecule has 0 bridgehead atoms. The summed E-state index contributed by atoms with van der Waals surface area (Å²) in [5.74, 6) is 1.55. The summed E-state index contributed by atoms with van der Waals surface area (Å²) >= 11 is 7.43. The fourth-order valence-corrected chi connectivity index (χ4v) is 4.47. The summed E-state index contributed by atoms with van der Waals surface area (Å²) in [5.41, 5.74) is 4.03. The highest BCUT2D eigenvalue weighted by Gasteiger charge is 2.34. The van der Waals surface area contributed by atoms with Crippen LogP contribution in [0.3, 0.4) is 0 Å². The number of hydrogen-bond acceptors (Lipinski definition) is 5. The molecule has 0 fully saturated rings. The third-order valence-corrected chi connectivity index (χ3v) is 6.36. The molecular weight excluding hydrogens is 424 g/mol. The Balaban J connectivity index is 1.78. The molecule has 0 saturated carbocycles. The zero-order valence-electron chi connectivity index (χ0n) is 18.1. The minimum Gasteiger partial charge on any atom is -0.351 e. The van der Waals surface area contributed by atoms with E-state index in [0.29, 0.717) is 17.6 Å². The topological polar surface area (TPSA) is 54.2 Å². The Morgan fingerprint density at radius 1 is 1.13 bits per heavy atom. The van der Waals surface area contributed by atoms with Gasteiger partial charge >= 0.3 is 0 Å². The molecule has 160 valence electrons. The largest absolute Gasteiger partial charge is 0.351 e. The SMILES string of the molecule is CSc1ccc(-c2noc(C3=C(C)N(CC(C)C)C(=S)NC3c3ccccc3)n2)cc1. The molecule has 0 saturated heterocycles. The van der Waals surface area contributed by atoms with Crippen molar-refractivity contribution >= 4 is 34.7 Å². The monoisotopic (exact) mass is 450 g/mol. The molecule has 2 heterocycles. The lowest BCUT2D eigenvalue weighted by atomic mass is 9.94. The Kier molecular flexibility index (Phi) is 6.43. The Labute approximate surface area is 192 Å². The van der Waals surface area contributed by atoms with Gasteiger partial charge in [0.15, 0.2) is 5.11 Å². The number of nitrogens with one attached hydrogen (secondary N) is 1. The third kappa shape index (κ3) is 4.52. The highest BCUT2D eigenvalue weighted by molar-refractivity contribution is 7.98. The van der Waals surface area contributed by atoms with E-state index < -0.39 is 0 Å². The van der Waals surface area contributed by atoms with Crippen LogP contribution in [0.1, 0.15) is 38.3 Å². The summed E-state index contributed by atoms with van der Waals surface area (Å²) in [6.07, 6.45) is 2.06. The molecular formula is C24H26N4OS2. The first-order valence-electron chi connectivity index (χ1n) is 10.3. The second-order valence-corrected chi connectivity index (χ2v) is 9.21. The Morgan fingerprint density at radius 2 is 1.84 bits per heavy atom. The van der Waals surface area contributed by atoms with Gasteiger partial charge in [-0.15, -0.1) is 11.8 Å². The standard InChI is InChI=1S/C24H26N4OS2/c1-15(2)14-28-16(3)20(21(25-24(28)30)17-8-6-5-7-9-17)23-26-22(27-29-23)18-10-12-19(31-4)13-11-18/h5-13,15,21H,14H2,1-4H3,(H,25,30). The van der Waals surface area contributed by atoms with Gasteiger partial charge in [-0.1, -0.05) is 49.3 Å². The summed E-state index contributed by atoms with van der Waals surface area (Å²) in [6, 6.07) is 18.3. The minimum absolute atomic E-state index is 0.149. The predicted molar refractivity (Wildman–Crippen MR) is 131 cm³/mol. The van der Waals surface area contributed by atoms with Crippen molar-refractivity contribution in [3.8, 4) is 11.4 Å². The van der Waals surface area contributed by atoms with Gasteiger partial charge in [0.05, 0.1) is 11.6 Å². The van der Waals surface area contributed by atoms with Crippen molar-refractivity contribution in [1.82, 2.24) is 20.4 Å². The number of aromatic nitrogens is 2. The van der Waals surface area contributed by atoms with Gasteiger partial charge in [-0.25, -0.2) is 0 Å². The molecule has 0 aliphatic carbocycles. The van der Waals surface area contributed by atoms with Gasteiger partial charge in [0.2, 0.25) is 5.82 Å². The van der Waals surface area contributed by atoms with E-state index in [1.807, 2.05) is 30.3 Å². The maximum absolute atomic E-state index is 5.79. The smallest absolute Gasteiger partial charge is 0.258 e. The van der Waals surface area contributed by atoms with Crippen molar-refractivity contribution in [2.24, 2.45) is 5.92 Å². The number of rotatable bonds is 6. The molecule has 3 aromatic rings. The Hall–Kier alpha value is -2.64. The Morgan fingerprint density at radius 3 is 2.48 bits per heavy atom. The van der Waals surface area contributed by atoms with Gasteiger partial charge in [-0.3, -0.25) is 0 Å². The molecule has 7 heteroatoms. The molecule has 5 nitrogen and oxygen atoms in total. The highest BCUT2D eigenvalue weighted by atomic mass is 32.2. The van der Waals surface area contributed by atoms with Crippen LogP contribution in [0.5, 0.6) is 0 Å². The van der Waals surface area contributed by atoms with Crippen LogP contribution in [0.25, 0.3) is 17.0 Å². The van der Waals surface area contributed by atoms with Crippen molar-refractivity contribution in [2.45, 2.75) is 31.7 Å². The molecule has 4 rings (SSSR count). The van der Waals surface area contributed by atoms with Crippen LogP contribution in [-0.4, -0.2) is 33.0 Å². The van der Waals surface area contributed by atoms with Crippen LogP contribution in [0.15, 0.2) is 69.7 Å². The van der Waals surface area contributed by atoms with E-state index in [1.165, 1.54) is 4.90 Å². The van der Waals surface area contributed by atoms with Gasteiger partial charge in [0.25, 0.3) is 5.89 Å². The summed E-state index contributed by atoms with van der Waals surface area (Å²) < 4.78 is 5.79. The molecule has 0 radical (unpaired) electrons. The molecule has 1 aliphatic heterocycles. The first kappa shape index (κ1) is 21.6. The van der Waals surface area contributed by atoms with Gasteiger partial charge in [0.1, 0.15) is 0 Å². The van der Waals surface area contributed by atoms with E-state index in [-0.39, 0.29) is 6.04 Å². The maximum Gasteiger partial charge on any atom is 0.258 e. The van der Waals surface area contributed by atoms with Crippen molar-refractivity contribution in [1.29, 1.82) is 0 Å². The number of benzene rings is 2. The predicted octanol–water partition coefficient (Wildman–Crippen LogP) is 5.78. The lowest BCUT2D eigenvalue weighted by Crippen LogP contribution is -2.47. The molecule has 31 heavy (non-hydrogen) atoms. The summed E-state index contributed by atoms with van der Waals surface area (Å²) in [7, 11) is 0. The van der Waals surface area contributed by atoms with Crippen molar-refractivity contribution in [3.05, 3.63) is 71.7 Å². The van der Waals surface area contributed by atoms with Gasteiger partial charge in [-0.05, 0) is 61.1 Å². The first-order chi connectivity index (χ1) is 15.0. The van der Waals surface area contributed by atoms with Crippen LogP contribution >= 0.6 is 24.0 Å². The number of hydrogen-bond donors (Lipinski definition) is 1. The summed E-state index contributed by atoms with van der Waals surface area (Å²) in [4.78, 5) is 8.10. The molecule has 1 aromatic heterocycles. The van der Waals surface area contributed by atoms with Crippen LogP contribution in [-0.2, 0) is 0 Å². The zero-order valence-corrected chi connectivity index (χ0v) is 19.8. The lowest BCUT2D eigenvalue weighted by Gasteiger charge is -2.38. The second-order valence-electron chi connectivity index (χ2n) is 7.95. The van der Waals surface area contributed by atoms with E-state index in [4.69, 9.17) is 21.7 Å². The van der Waals surface area contributed by atoms with Crippen LogP contribution < -0.4 is 5.32 Å². The van der Waals surface area contributed by atoms with Crippen molar-refractivity contribution in [3.63, 3.8) is 0 Å². The molecule has 0 spiro atoms. The van der Waals surface area contributed by atoms with E-state index in [9.17, 15) is 0 Å². The van der Waals surface area contributed by atoms with E-state index in [1.54, 1.807) is 11.8 Å². The van der Waals surface area contributed by atoms with Crippen LogP contribution in [0, 0.1) is 5.92 Å². The number of thioether (sulfide) groups is 1. The highest BCUT2D eigenvalue weighted by Crippen LogP contribution is 2.37. The average molecular weight is 451 g/mol. The van der Waals surface area contributed by atoms with Crippen molar-refractivity contribution in [2.75, 3.05) is 12.8 Å². The molecule has 1 aliphatic rings. The number of allylic oxidation sites excluding steroid dienone is 1. The fourth-order valence-electron chi connectivity index (χ4n) is 3.73. The van der Waals surface area contributed by atoms with Crippen molar-refractivity contribution < 1.29 is 4.52 Å². The Bertz CT molecular complexity index is 1090. The number of nitrogens with zero attached hydrogens (tertiary/aromatic N) is 3. The second kappa shape index (κ2) is 9.24. The molecule has 1 unspecified atom stereocenters. The van der Waals surface area contributed by atoms with E-state index in [2.05, 4.69) is 66.7 Å². The zero-order chi connectivity index (χ0) is 22.0. The van der Waals surface area contributed by atoms with Crippen LogP contribution in [0.4, 0.5) is 0 Å². The van der Waals surface area contributed by atoms with E-state index in [0.717, 1.165) is 34.1 Å². The quantitative estimate of drug-likeness (QED) is 0.377. The first-order valence-corrected chi connectivity index (χ1v) is 11.9.